The number of carbonyl (C=O) groups excluding carboxylic acids is 1. The maximum absolute atomic E-state index is 12.4. The van der Waals surface area contributed by atoms with Crippen LogP contribution in [0, 0.1) is 11.3 Å². The first-order chi connectivity index (χ1) is 14.1. The van der Waals surface area contributed by atoms with Gasteiger partial charge in [0.1, 0.15) is 5.75 Å². The zero-order valence-corrected chi connectivity index (χ0v) is 16.3. The van der Waals surface area contributed by atoms with Gasteiger partial charge in [-0.05, 0) is 47.9 Å². The lowest BCUT2D eigenvalue weighted by Gasteiger charge is -2.10. The number of methoxy groups -OCH3 is 1. The maximum Gasteiger partial charge on any atom is 0.338 e. The standard InChI is InChI=1S/C24H20N2O3/c1-3-15-11-20-23(21(27)12-15)22-18(24(28)29-2)9-6-10-19(22)26(20)14-17-8-5-4-7-16(17)13-25/h4-12,27H,3,14H2,1-2H3. The van der Waals surface area contributed by atoms with E-state index in [1.54, 1.807) is 24.3 Å². The SMILES string of the molecule is CCc1cc(O)c2c3c(C(=O)OC)cccc3n(Cc3ccccc3C#N)c2c1. The molecule has 0 aliphatic heterocycles. The molecule has 0 fully saturated rings. The number of nitriles is 1. The molecule has 0 saturated carbocycles. The van der Waals surface area contributed by atoms with E-state index in [-0.39, 0.29) is 5.75 Å². The number of fused-ring (bicyclic) bond motifs is 3. The van der Waals surface area contributed by atoms with Crippen molar-refractivity contribution in [1.29, 1.82) is 5.26 Å². The molecule has 0 aliphatic carbocycles. The van der Waals surface area contributed by atoms with Crippen LogP contribution >= 0.6 is 0 Å². The van der Waals surface area contributed by atoms with E-state index in [4.69, 9.17) is 4.74 Å². The molecule has 5 heteroatoms. The molecule has 1 heterocycles. The number of aryl methyl sites for hydroxylation is 1. The zero-order chi connectivity index (χ0) is 20.5. The van der Waals surface area contributed by atoms with Crippen LogP contribution in [0.5, 0.6) is 5.75 Å². The van der Waals surface area contributed by atoms with Gasteiger partial charge in [0.2, 0.25) is 0 Å². The molecule has 5 nitrogen and oxygen atoms in total. The number of carbonyl (C=O) groups is 1. The van der Waals surface area contributed by atoms with E-state index >= 15 is 0 Å². The molecule has 4 rings (SSSR count). The predicted molar refractivity (Wildman–Crippen MR) is 112 cm³/mol. The number of rotatable bonds is 4. The fourth-order valence-electron chi connectivity index (χ4n) is 3.89. The van der Waals surface area contributed by atoms with Crippen molar-refractivity contribution in [3.8, 4) is 11.8 Å². The van der Waals surface area contributed by atoms with Crippen LogP contribution in [0.3, 0.4) is 0 Å². The van der Waals surface area contributed by atoms with Crippen LogP contribution in [-0.2, 0) is 17.7 Å². The molecule has 0 unspecified atom stereocenters. The van der Waals surface area contributed by atoms with Crippen LogP contribution in [0.15, 0.2) is 54.6 Å². The molecule has 3 aromatic carbocycles. The van der Waals surface area contributed by atoms with Crippen molar-refractivity contribution in [3.05, 3.63) is 76.9 Å². The average Bonchev–Trinajstić information content (AvgIpc) is 3.07. The molecule has 0 amide bonds. The smallest absolute Gasteiger partial charge is 0.338 e. The van der Waals surface area contributed by atoms with Gasteiger partial charge in [-0.1, -0.05) is 31.2 Å². The van der Waals surface area contributed by atoms with Gasteiger partial charge in [-0.2, -0.15) is 5.26 Å². The lowest BCUT2D eigenvalue weighted by Crippen LogP contribution is -2.03. The fraction of sp³-hybridized carbons (Fsp3) is 0.167. The number of hydrogen-bond acceptors (Lipinski definition) is 4. The second kappa shape index (κ2) is 7.33. The van der Waals surface area contributed by atoms with Crippen LogP contribution < -0.4 is 0 Å². The summed E-state index contributed by atoms with van der Waals surface area (Å²) in [4.78, 5) is 12.4. The summed E-state index contributed by atoms with van der Waals surface area (Å²) in [5.74, 6) is -0.320. The van der Waals surface area contributed by atoms with Crippen LogP contribution in [0.4, 0.5) is 0 Å². The number of esters is 1. The molecule has 144 valence electrons. The minimum absolute atomic E-state index is 0.132. The third-order valence-electron chi connectivity index (χ3n) is 5.31. The molecule has 0 spiro atoms. The minimum Gasteiger partial charge on any atom is -0.507 e. The van der Waals surface area contributed by atoms with Gasteiger partial charge in [-0.25, -0.2) is 4.79 Å². The average molecular weight is 384 g/mol. The maximum atomic E-state index is 12.4. The van der Waals surface area contributed by atoms with Crippen molar-refractivity contribution in [2.45, 2.75) is 19.9 Å². The Bertz CT molecular complexity index is 1300. The molecular formula is C24H20N2O3. The van der Waals surface area contributed by atoms with Crippen LogP contribution in [-0.4, -0.2) is 22.8 Å². The highest BCUT2D eigenvalue weighted by Gasteiger charge is 2.21. The number of phenols is 1. The second-order valence-corrected chi connectivity index (χ2v) is 6.91. The largest absolute Gasteiger partial charge is 0.507 e. The summed E-state index contributed by atoms with van der Waals surface area (Å²) in [5, 5.41) is 21.6. The molecule has 0 saturated heterocycles. The van der Waals surface area contributed by atoms with E-state index in [0.717, 1.165) is 28.6 Å². The number of aromatic nitrogens is 1. The van der Waals surface area contributed by atoms with E-state index in [1.807, 2.05) is 41.8 Å². The summed E-state index contributed by atoms with van der Waals surface area (Å²) in [6.45, 7) is 2.47. The third-order valence-corrected chi connectivity index (χ3v) is 5.31. The quantitative estimate of drug-likeness (QED) is 0.514. The first-order valence-electron chi connectivity index (χ1n) is 9.42. The number of ether oxygens (including phenoxy) is 1. The molecule has 0 bridgehead atoms. The van der Waals surface area contributed by atoms with Crippen LogP contribution in [0.2, 0.25) is 0 Å². The summed E-state index contributed by atoms with van der Waals surface area (Å²) in [5.41, 5.74) is 4.50. The first kappa shape index (κ1) is 18.6. The van der Waals surface area contributed by atoms with E-state index in [2.05, 4.69) is 6.07 Å². The van der Waals surface area contributed by atoms with E-state index in [9.17, 15) is 15.2 Å². The Morgan fingerprint density at radius 3 is 2.62 bits per heavy atom. The molecule has 29 heavy (non-hydrogen) atoms. The summed E-state index contributed by atoms with van der Waals surface area (Å²) < 4.78 is 7.02. The Hall–Kier alpha value is -3.78. The Kier molecular flexibility index (Phi) is 4.69. The Morgan fingerprint density at radius 1 is 1.10 bits per heavy atom. The molecule has 0 atom stereocenters. The molecule has 4 aromatic rings. The van der Waals surface area contributed by atoms with Crippen molar-refractivity contribution in [2.24, 2.45) is 0 Å². The van der Waals surface area contributed by atoms with Crippen molar-refractivity contribution in [3.63, 3.8) is 0 Å². The molecular weight excluding hydrogens is 364 g/mol. The van der Waals surface area contributed by atoms with Gasteiger partial charge in [-0.15, -0.1) is 0 Å². The number of benzene rings is 3. The van der Waals surface area contributed by atoms with Gasteiger partial charge in [0, 0.05) is 11.9 Å². The normalized spacial score (nSPS) is 10.9. The first-order valence-corrected chi connectivity index (χ1v) is 9.42. The van der Waals surface area contributed by atoms with Gasteiger partial charge in [-0.3, -0.25) is 0 Å². The van der Waals surface area contributed by atoms with Crippen LogP contribution in [0.25, 0.3) is 21.8 Å². The minimum atomic E-state index is -0.453. The van der Waals surface area contributed by atoms with Crippen molar-refractivity contribution >= 4 is 27.8 Å². The summed E-state index contributed by atoms with van der Waals surface area (Å²) in [6.07, 6.45) is 0.768. The number of nitrogens with zero attached hydrogens (tertiary/aromatic N) is 2. The highest BCUT2D eigenvalue weighted by molar-refractivity contribution is 6.19. The van der Waals surface area contributed by atoms with E-state index in [1.165, 1.54) is 7.11 Å². The molecule has 1 N–H and O–H groups in total. The number of aromatic hydroxyl groups is 1. The Labute approximate surface area is 168 Å². The topological polar surface area (TPSA) is 75.2 Å². The highest BCUT2D eigenvalue weighted by atomic mass is 16.5. The van der Waals surface area contributed by atoms with Crippen molar-refractivity contribution in [2.75, 3.05) is 7.11 Å². The fourth-order valence-corrected chi connectivity index (χ4v) is 3.89. The van der Waals surface area contributed by atoms with Gasteiger partial charge < -0.3 is 14.4 Å². The number of hydrogen-bond donors (Lipinski definition) is 1. The van der Waals surface area contributed by atoms with Crippen molar-refractivity contribution < 1.29 is 14.6 Å². The van der Waals surface area contributed by atoms with Gasteiger partial charge in [0.05, 0.1) is 40.7 Å². The highest BCUT2D eigenvalue weighted by Crippen LogP contribution is 2.39. The lowest BCUT2D eigenvalue weighted by molar-refractivity contribution is 0.0603. The van der Waals surface area contributed by atoms with Gasteiger partial charge in [0.15, 0.2) is 0 Å². The number of phenolic OH excluding ortho intramolecular Hbond substituents is 1. The second-order valence-electron chi connectivity index (χ2n) is 6.91. The van der Waals surface area contributed by atoms with Crippen LogP contribution in [0.1, 0.15) is 34.0 Å². The Morgan fingerprint density at radius 2 is 1.90 bits per heavy atom. The zero-order valence-electron chi connectivity index (χ0n) is 16.3. The summed E-state index contributed by atoms with van der Waals surface area (Å²) >= 11 is 0. The third kappa shape index (κ3) is 2.99. The van der Waals surface area contributed by atoms with E-state index in [0.29, 0.717) is 28.4 Å². The molecule has 0 aliphatic rings. The molecule has 0 radical (unpaired) electrons. The summed E-state index contributed by atoms with van der Waals surface area (Å²) in [7, 11) is 1.35. The monoisotopic (exact) mass is 384 g/mol. The Balaban J connectivity index is 2.11. The predicted octanol–water partition coefficient (Wildman–Crippen LogP) is 4.77. The molecule has 1 aromatic heterocycles. The van der Waals surface area contributed by atoms with Gasteiger partial charge in [0.25, 0.3) is 0 Å². The van der Waals surface area contributed by atoms with Crippen molar-refractivity contribution in [1.82, 2.24) is 4.57 Å². The van der Waals surface area contributed by atoms with Gasteiger partial charge >= 0.3 is 5.97 Å². The van der Waals surface area contributed by atoms with E-state index < -0.39 is 5.97 Å². The lowest BCUT2D eigenvalue weighted by atomic mass is 10.0. The summed E-state index contributed by atoms with van der Waals surface area (Å²) in [6, 6.07) is 18.9.